The van der Waals surface area contributed by atoms with Crippen molar-refractivity contribution in [2.45, 2.75) is 32.2 Å². The first-order chi connectivity index (χ1) is 12.2. The zero-order valence-electron chi connectivity index (χ0n) is 14.6. The first-order valence-corrected chi connectivity index (χ1v) is 8.79. The van der Waals surface area contributed by atoms with Crippen molar-refractivity contribution >= 4 is 11.6 Å². The molecule has 0 bridgehead atoms. The van der Waals surface area contributed by atoms with Crippen LogP contribution in [0.3, 0.4) is 0 Å². The number of aryl methyl sites for hydroxylation is 1. The molecule has 0 aromatic heterocycles. The monoisotopic (exact) mass is 334 g/mol. The smallest absolute Gasteiger partial charge is 0.240 e. The van der Waals surface area contributed by atoms with Crippen molar-refractivity contribution in [3.8, 4) is 5.75 Å². The van der Waals surface area contributed by atoms with Gasteiger partial charge < -0.3 is 4.74 Å². The Morgan fingerprint density at radius 2 is 2.00 bits per heavy atom. The molecule has 2 aliphatic rings. The fraction of sp³-hybridized carbons (Fsp3) is 0.333. The van der Waals surface area contributed by atoms with Gasteiger partial charge in [0, 0.05) is 18.4 Å². The van der Waals surface area contributed by atoms with Gasteiger partial charge in [-0.25, -0.2) is 5.01 Å². The highest BCUT2D eigenvalue weighted by atomic mass is 16.5. The van der Waals surface area contributed by atoms with Crippen LogP contribution in [0, 0.1) is 5.92 Å². The van der Waals surface area contributed by atoms with Crippen molar-refractivity contribution in [3.63, 3.8) is 0 Å². The third-order valence-electron chi connectivity index (χ3n) is 5.22. The van der Waals surface area contributed by atoms with Crippen molar-refractivity contribution < 1.29 is 9.53 Å². The molecule has 1 heterocycles. The Labute approximate surface area is 148 Å². The molecule has 0 spiro atoms. The number of hydrogen-bond acceptors (Lipinski definition) is 3. The maximum Gasteiger partial charge on any atom is 0.240 e. The molecule has 25 heavy (non-hydrogen) atoms. The fourth-order valence-electron chi connectivity index (χ4n) is 4.08. The zero-order chi connectivity index (χ0) is 17.4. The van der Waals surface area contributed by atoms with Crippen LogP contribution >= 0.6 is 0 Å². The predicted octanol–water partition coefficient (Wildman–Crippen LogP) is 3.96. The number of carbonyl (C=O) groups is 1. The van der Waals surface area contributed by atoms with Gasteiger partial charge in [0.1, 0.15) is 5.75 Å². The van der Waals surface area contributed by atoms with Gasteiger partial charge in [0.25, 0.3) is 0 Å². The summed E-state index contributed by atoms with van der Waals surface area (Å²) in [6.07, 6.45) is 3.13. The van der Waals surface area contributed by atoms with E-state index >= 15 is 0 Å². The van der Waals surface area contributed by atoms with Crippen LogP contribution in [0.5, 0.6) is 5.75 Å². The summed E-state index contributed by atoms with van der Waals surface area (Å²) in [5.74, 6) is 1.10. The second-order valence-electron chi connectivity index (χ2n) is 6.73. The van der Waals surface area contributed by atoms with Gasteiger partial charge in [0.2, 0.25) is 5.91 Å². The van der Waals surface area contributed by atoms with Crippen molar-refractivity contribution in [2.24, 2.45) is 11.0 Å². The highest BCUT2D eigenvalue weighted by Crippen LogP contribution is 2.43. The van der Waals surface area contributed by atoms with Crippen LogP contribution in [-0.2, 0) is 11.2 Å². The molecule has 1 aliphatic carbocycles. The minimum atomic E-state index is -0.0123. The predicted molar refractivity (Wildman–Crippen MR) is 97.7 cm³/mol. The van der Waals surface area contributed by atoms with Gasteiger partial charge in [-0.3, -0.25) is 4.79 Å². The van der Waals surface area contributed by atoms with Crippen LogP contribution in [0.2, 0.25) is 0 Å². The van der Waals surface area contributed by atoms with E-state index in [-0.39, 0.29) is 17.9 Å². The third kappa shape index (κ3) is 2.72. The molecule has 0 fully saturated rings. The van der Waals surface area contributed by atoms with E-state index in [1.165, 1.54) is 5.56 Å². The number of fused-ring (bicyclic) bond motifs is 3. The van der Waals surface area contributed by atoms with Crippen LogP contribution in [0.1, 0.15) is 42.5 Å². The largest absolute Gasteiger partial charge is 0.497 e. The van der Waals surface area contributed by atoms with Crippen molar-refractivity contribution in [3.05, 3.63) is 65.2 Å². The van der Waals surface area contributed by atoms with E-state index < -0.39 is 0 Å². The Balaban J connectivity index is 1.82. The molecular formula is C21H22N2O2. The van der Waals surface area contributed by atoms with E-state index in [0.717, 1.165) is 41.9 Å². The molecule has 4 heteroatoms. The van der Waals surface area contributed by atoms with Crippen LogP contribution in [-0.4, -0.2) is 23.7 Å². The molecule has 2 atom stereocenters. The normalized spacial score (nSPS) is 21.8. The van der Waals surface area contributed by atoms with E-state index in [1.54, 1.807) is 19.0 Å². The van der Waals surface area contributed by atoms with Crippen LogP contribution in [0.4, 0.5) is 0 Å². The molecule has 4 nitrogen and oxygen atoms in total. The third-order valence-corrected chi connectivity index (χ3v) is 5.22. The molecule has 2 aromatic rings. The van der Waals surface area contributed by atoms with E-state index in [0.29, 0.717) is 0 Å². The lowest BCUT2D eigenvalue weighted by molar-refractivity contribution is -0.131. The SMILES string of the molecule is COc1ccc2c(c1)CCC[C@H]1C2=NN(C(C)=O)[C@@H]1c1ccccc1. The van der Waals surface area contributed by atoms with E-state index in [1.807, 2.05) is 24.3 Å². The van der Waals surface area contributed by atoms with Crippen molar-refractivity contribution in [1.29, 1.82) is 0 Å². The van der Waals surface area contributed by atoms with Gasteiger partial charge >= 0.3 is 0 Å². The summed E-state index contributed by atoms with van der Waals surface area (Å²) in [7, 11) is 1.69. The number of nitrogens with zero attached hydrogens (tertiary/aromatic N) is 2. The Kier molecular flexibility index (Phi) is 4.04. The molecule has 0 unspecified atom stereocenters. The van der Waals surface area contributed by atoms with Gasteiger partial charge in [-0.05, 0) is 48.6 Å². The Hall–Kier alpha value is -2.62. The van der Waals surface area contributed by atoms with E-state index in [2.05, 4.69) is 24.3 Å². The Bertz CT molecular complexity index is 829. The maximum absolute atomic E-state index is 12.3. The standard InChI is InChI=1S/C21H22N2O2/c1-14(24)23-21(15-7-4-3-5-8-15)19-10-6-9-16-13-17(25-2)11-12-18(16)20(19)22-23/h3-5,7-8,11-13,19,21H,6,9-10H2,1-2H3/t19-,21+/m0/s1. The minimum absolute atomic E-state index is 0.00973. The molecular weight excluding hydrogens is 312 g/mol. The molecule has 2 aromatic carbocycles. The number of benzene rings is 2. The number of hydrogen-bond donors (Lipinski definition) is 0. The number of ether oxygens (including phenoxy) is 1. The highest BCUT2D eigenvalue weighted by molar-refractivity contribution is 6.06. The van der Waals surface area contributed by atoms with Crippen LogP contribution in [0.15, 0.2) is 53.6 Å². The average Bonchev–Trinajstić information content (AvgIpc) is 2.93. The topological polar surface area (TPSA) is 41.9 Å². The molecule has 0 radical (unpaired) electrons. The van der Waals surface area contributed by atoms with Crippen molar-refractivity contribution in [1.82, 2.24) is 5.01 Å². The molecule has 0 N–H and O–H groups in total. The number of hydrazone groups is 1. The van der Waals surface area contributed by atoms with Gasteiger partial charge in [-0.15, -0.1) is 0 Å². The summed E-state index contributed by atoms with van der Waals surface area (Å²) in [5, 5.41) is 6.46. The lowest BCUT2D eigenvalue weighted by atomic mass is 9.85. The highest BCUT2D eigenvalue weighted by Gasteiger charge is 2.41. The molecule has 4 rings (SSSR count). The maximum atomic E-state index is 12.3. The summed E-state index contributed by atoms with van der Waals surface area (Å²) >= 11 is 0. The van der Waals surface area contributed by atoms with Crippen LogP contribution in [0.25, 0.3) is 0 Å². The van der Waals surface area contributed by atoms with Gasteiger partial charge in [-0.1, -0.05) is 30.3 Å². The summed E-state index contributed by atoms with van der Waals surface area (Å²) in [6.45, 7) is 1.60. The second-order valence-corrected chi connectivity index (χ2v) is 6.73. The van der Waals surface area contributed by atoms with Gasteiger partial charge in [0.05, 0.1) is 18.9 Å². The summed E-state index contributed by atoms with van der Waals surface area (Å²) < 4.78 is 5.38. The number of methoxy groups -OCH3 is 1. The average molecular weight is 334 g/mol. The molecule has 0 saturated heterocycles. The number of amides is 1. The first-order valence-electron chi connectivity index (χ1n) is 8.79. The quantitative estimate of drug-likeness (QED) is 0.834. The number of carbonyl (C=O) groups excluding carboxylic acids is 1. The van der Waals surface area contributed by atoms with Gasteiger partial charge in [-0.2, -0.15) is 5.10 Å². The second kappa shape index (κ2) is 6.36. The molecule has 0 saturated carbocycles. The van der Waals surface area contributed by atoms with E-state index in [9.17, 15) is 4.79 Å². The Morgan fingerprint density at radius 1 is 1.20 bits per heavy atom. The van der Waals surface area contributed by atoms with Crippen molar-refractivity contribution in [2.75, 3.05) is 7.11 Å². The lowest BCUT2D eigenvalue weighted by Crippen LogP contribution is -2.29. The first kappa shape index (κ1) is 15.9. The van der Waals surface area contributed by atoms with Crippen LogP contribution < -0.4 is 4.74 Å². The fourth-order valence-corrected chi connectivity index (χ4v) is 4.08. The Morgan fingerprint density at radius 3 is 2.72 bits per heavy atom. The number of rotatable bonds is 2. The lowest BCUT2D eigenvalue weighted by Gasteiger charge is -2.26. The molecule has 128 valence electrons. The van der Waals surface area contributed by atoms with Gasteiger partial charge in [0.15, 0.2) is 0 Å². The van der Waals surface area contributed by atoms with E-state index in [4.69, 9.17) is 9.84 Å². The summed E-state index contributed by atoms with van der Waals surface area (Å²) in [4.78, 5) is 12.3. The summed E-state index contributed by atoms with van der Waals surface area (Å²) in [5.41, 5.74) is 4.61. The zero-order valence-corrected chi connectivity index (χ0v) is 14.6. The molecule has 1 amide bonds. The minimum Gasteiger partial charge on any atom is -0.497 e. The molecule has 1 aliphatic heterocycles. The summed E-state index contributed by atoms with van der Waals surface area (Å²) in [6, 6.07) is 16.4.